The molecule has 4 heteroatoms. The summed E-state index contributed by atoms with van der Waals surface area (Å²) in [6.45, 7) is 0. The van der Waals surface area contributed by atoms with E-state index in [1.807, 2.05) is 0 Å². The highest BCUT2D eigenvalue weighted by molar-refractivity contribution is 6.29. The van der Waals surface area contributed by atoms with Gasteiger partial charge in [0, 0.05) is 0 Å². The summed E-state index contributed by atoms with van der Waals surface area (Å²) in [5, 5.41) is 10.2. The Morgan fingerprint density at radius 2 is 2.00 bits per heavy atom. The molecule has 1 heterocycles. The Bertz CT molecular complexity index is 597. The highest BCUT2D eigenvalue weighted by Crippen LogP contribution is 2.37. The van der Waals surface area contributed by atoms with Crippen LogP contribution in [0.15, 0.2) is 30.3 Å². The maximum atomic E-state index is 12.9. The average molecular weight is 264 g/mol. The van der Waals surface area contributed by atoms with E-state index in [2.05, 4.69) is 4.98 Å². The van der Waals surface area contributed by atoms with Crippen LogP contribution in [0.4, 0.5) is 4.39 Å². The van der Waals surface area contributed by atoms with Crippen LogP contribution < -0.4 is 0 Å². The zero-order chi connectivity index (χ0) is 12.7. The summed E-state index contributed by atoms with van der Waals surface area (Å²) < 4.78 is 12.9. The molecule has 0 radical (unpaired) electrons. The van der Waals surface area contributed by atoms with Gasteiger partial charge in [0.05, 0.1) is 11.8 Å². The lowest BCUT2D eigenvalue weighted by atomic mass is 10.00. The van der Waals surface area contributed by atoms with E-state index in [0.29, 0.717) is 17.3 Å². The molecule has 0 saturated carbocycles. The molecule has 1 aromatic heterocycles. The van der Waals surface area contributed by atoms with Gasteiger partial charge in [0.1, 0.15) is 11.0 Å². The van der Waals surface area contributed by atoms with Crippen molar-refractivity contribution >= 4 is 11.6 Å². The predicted octanol–water partition coefficient (Wildman–Crippen LogP) is 3.52. The van der Waals surface area contributed by atoms with E-state index in [1.165, 1.54) is 12.1 Å². The van der Waals surface area contributed by atoms with Crippen LogP contribution in [-0.4, -0.2) is 10.1 Å². The lowest BCUT2D eigenvalue weighted by molar-refractivity contribution is 0.176. The smallest absolute Gasteiger partial charge is 0.130 e. The number of benzene rings is 1. The monoisotopic (exact) mass is 263 g/mol. The molecule has 18 heavy (non-hydrogen) atoms. The number of hydrogen-bond acceptors (Lipinski definition) is 2. The van der Waals surface area contributed by atoms with Gasteiger partial charge in [-0.1, -0.05) is 23.7 Å². The first-order valence-electron chi connectivity index (χ1n) is 5.78. The van der Waals surface area contributed by atoms with Gasteiger partial charge >= 0.3 is 0 Å². The second-order valence-electron chi connectivity index (χ2n) is 4.42. The highest BCUT2D eigenvalue weighted by atomic mass is 35.5. The predicted molar refractivity (Wildman–Crippen MR) is 67.9 cm³/mol. The Morgan fingerprint density at radius 3 is 2.72 bits per heavy atom. The molecule has 1 aromatic carbocycles. The molecule has 0 aliphatic heterocycles. The quantitative estimate of drug-likeness (QED) is 0.799. The molecule has 92 valence electrons. The standard InChI is InChI=1S/C14H11ClFNO/c15-13-7-11(8-1-3-9(16)4-2-8)10-5-6-12(18)14(10)17-13/h1-4,7,12,18H,5-6H2/t12-/m0/s1. The van der Waals surface area contributed by atoms with Gasteiger partial charge in [-0.2, -0.15) is 0 Å². The van der Waals surface area contributed by atoms with Crippen molar-refractivity contribution in [1.82, 2.24) is 4.98 Å². The van der Waals surface area contributed by atoms with Crippen LogP contribution in [0.1, 0.15) is 23.8 Å². The maximum absolute atomic E-state index is 12.9. The number of aliphatic hydroxyl groups excluding tert-OH is 1. The third-order valence-electron chi connectivity index (χ3n) is 3.26. The summed E-state index contributed by atoms with van der Waals surface area (Å²) >= 11 is 5.98. The van der Waals surface area contributed by atoms with E-state index >= 15 is 0 Å². The molecule has 1 N–H and O–H groups in total. The highest BCUT2D eigenvalue weighted by Gasteiger charge is 2.25. The number of aliphatic hydroxyl groups is 1. The molecule has 1 atom stereocenters. The van der Waals surface area contributed by atoms with Gasteiger partial charge in [-0.3, -0.25) is 0 Å². The summed E-state index contributed by atoms with van der Waals surface area (Å²) in [5.74, 6) is -0.268. The van der Waals surface area contributed by atoms with E-state index in [9.17, 15) is 9.50 Å². The van der Waals surface area contributed by atoms with Gasteiger partial charge in [-0.05, 0) is 47.7 Å². The molecule has 0 saturated heterocycles. The average Bonchev–Trinajstić information content (AvgIpc) is 2.71. The summed E-state index contributed by atoms with van der Waals surface area (Å²) in [7, 11) is 0. The van der Waals surface area contributed by atoms with Crippen molar-refractivity contribution in [2.75, 3.05) is 0 Å². The fourth-order valence-electron chi connectivity index (χ4n) is 2.40. The normalized spacial score (nSPS) is 17.8. The molecular formula is C14H11ClFNO. The Morgan fingerprint density at radius 1 is 1.28 bits per heavy atom. The van der Waals surface area contributed by atoms with Crippen molar-refractivity contribution < 1.29 is 9.50 Å². The largest absolute Gasteiger partial charge is 0.387 e. The first kappa shape index (κ1) is 11.6. The van der Waals surface area contributed by atoms with Gasteiger partial charge < -0.3 is 5.11 Å². The number of nitrogens with zero attached hydrogens (tertiary/aromatic N) is 1. The molecule has 2 nitrogen and oxygen atoms in total. The first-order valence-corrected chi connectivity index (χ1v) is 6.16. The van der Waals surface area contributed by atoms with Crippen LogP contribution in [0.2, 0.25) is 5.15 Å². The molecule has 0 amide bonds. The van der Waals surface area contributed by atoms with E-state index in [0.717, 1.165) is 23.1 Å². The summed E-state index contributed by atoms with van der Waals surface area (Å²) in [6.07, 6.45) is 0.891. The van der Waals surface area contributed by atoms with Gasteiger partial charge in [-0.25, -0.2) is 9.37 Å². The van der Waals surface area contributed by atoms with Crippen molar-refractivity contribution in [2.45, 2.75) is 18.9 Å². The van der Waals surface area contributed by atoms with Gasteiger partial charge in [0.25, 0.3) is 0 Å². The van der Waals surface area contributed by atoms with Crippen molar-refractivity contribution in [2.24, 2.45) is 0 Å². The van der Waals surface area contributed by atoms with Crippen LogP contribution in [0, 0.1) is 5.82 Å². The minimum absolute atomic E-state index is 0.268. The van der Waals surface area contributed by atoms with E-state index in [-0.39, 0.29) is 5.82 Å². The number of hydrogen-bond donors (Lipinski definition) is 1. The van der Waals surface area contributed by atoms with Crippen molar-refractivity contribution in [3.63, 3.8) is 0 Å². The number of pyridine rings is 1. The Balaban J connectivity index is 2.18. The van der Waals surface area contributed by atoms with Crippen molar-refractivity contribution in [3.05, 3.63) is 52.6 Å². The zero-order valence-electron chi connectivity index (χ0n) is 9.53. The first-order chi connectivity index (χ1) is 8.65. The number of rotatable bonds is 1. The second-order valence-corrected chi connectivity index (χ2v) is 4.80. The van der Waals surface area contributed by atoms with Crippen molar-refractivity contribution in [1.29, 1.82) is 0 Å². The topological polar surface area (TPSA) is 33.1 Å². The maximum Gasteiger partial charge on any atom is 0.130 e. The molecule has 0 unspecified atom stereocenters. The number of fused-ring (bicyclic) bond motifs is 1. The molecule has 0 spiro atoms. The Kier molecular flexibility index (Phi) is 2.80. The third kappa shape index (κ3) is 1.89. The summed E-state index contributed by atoms with van der Waals surface area (Å²) in [4.78, 5) is 4.18. The summed E-state index contributed by atoms with van der Waals surface area (Å²) in [6, 6.07) is 8.03. The fourth-order valence-corrected chi connectivity index (χ4v) is 2.60. The molecule has 3 rings (SSSR count). The lowest BCUT2D eigenvalue weighted by Gasteiger charge is -2.10. The van der Waals surface area contributed by atoms with E-state index in [1.54, 1.807) is 18.2 Å². The Labute approximate surface area is 109 Å². The van der Waals surface area contributed by atoms with Gasteiger partial charge in [0.15, 0.2) is 0 Å². The molecule has 0 fully saturated rings. The Hall–Kier alpha value is -1.45. The van der Waals surface area contributed by atoms with E-state index in [4.69, 9.17) is 11.6 Å². The third-order valence-corrected chi connectivity index (χ3v) is 3.46. The fraction of sp³-hybridized carbons (Fsp3) is 0.214. The van der Waals surface area contributed by atoms with E-state index < -0.39 is 6.10 Å². The van der Waals surface area contributed by atoms with Crippen LogP contribution in [0.5, 0.6) is 0 Å². The lowest BCUT2D eigenvalue weighted by Crippen LogP contribution is -1.97. The number of halogens is 2. The van der Waals surface area contributed by atoms with Crippen LogP contribution in [0.3, 0.4) is 0 Å². The van der Waals surface area contributed by atoms with Gasteiger partial charge in [-0.15, -0.1) is 0 Å². The van der Waals surface area contributed by atoms with Crippen molar-refractivity contribution in [3.8, 4) is 11.1 Å². The van der Waals surface area contributed by atoms with Gasteiger partial charge in [0.2, 0.25) is 0 Å². The molecule has 1 aliphatic rings. The minimum Gasteiger partial charge on any atom is -0.387 e. The molecular weight excluding hydrogens is 253 g/mol. The van der Waals surface area contributed by atoms with Crippen LogP contribution in [0.25, 0.3) is 11.1 Å². The molecule has 0 bridgehead atoms. The van der Waals surface area contributed by atoms with Crippen LogP contribution in [-0.2, 0) is 6.42 Å². The van der Waals surface area contributed by atoms with Crippen LogP contribution >= 0.6 is 11.6 Å². The SMILES string of the molecule is O[C@H]1CCc2c(-c3ccc(F)cc3)cc(Cl)nc21. The molecule has 2 aromatic rings. The second kappa shape index (κ2) is 4.34. The minimum atomic E-state index is -0.544. The zero-order valence-corrected chi connectivity index (χ0v) is 10.3. The molecule has 1 aliphatic carbocycles. The summed E-state index contributed by atoms with van der Waals surface area (Å²) in [5.41, 5.74) is 3.49. The number of aromatic nitrogens is 1.